The largest absolute Gasteiger partial charge is 0.497 e. The Morgan fingerprint density at radius 1 is 1.19 bits per heavy atom. The maximum atomic E-state index is 11.0. The minimum Gasteiger partial charge on any atom is -0.497 e. The summed E-state index contributed by atoms with van der Waals surface area (Å²) in [5, 5.41) is 1.89. The van der Waals surface area contributed by atoms with E-state index >= 15 is 0 Å². The lowest BCUT2D eigenvalue weighted by Gasteiger charge is -2.07. The molecule has 0 saturated heterocycles. The first-order valence-electron chi connectivity index (χ1n) is 4.96. The van der Waals surface area contributed by atoms with Gasteiger partial charge >= 0.3 is 5.97 Å². The molecule has 82 valence electrons. The van der Waals surface area contributed by atoms with Gasteiger partial charge in [-0.05, 0) is 23.6 Å². The lowest BCUT2D eigenvalue weighted by molar-refractivity contribution is -0.131. The van der Waals surface area contributed by atoms with Gasteiger partial charge in [-0.1, -0.05) is 18.2 Å². The van der Waals surface area contributed by atoms with Gasteiger partial charge in [0.2, 0.25) is 0 Å². The summed E-state index contributed by atoms with van der Waals surface area (Å²) >= 11 is 0. The molecule has 0 fully saturated rings. The van der Waals surface area contributed by atoms with Crippen molar-refractivity contribution in [3.63, 3.8) is 0 Å². The molecule has 2 aromatic rings. The SMILES string of the molecule is COc1ccc2cccc(OC(C)=O)c2c1. The first-order valence-corrected chi connectivity index (χ1v) is 4.96. The molecule has 2 aromatic carbocycles. The van der Waals surface area contributed by atoms with Gasteiger partial charge in [0, 0.05) is 12.3 Å². The minimum atomic E-state index is -0.324. The van der Waals surface area contributed by atoms with Crippen LogP contribution in [0.2, 0.25) is 0 Å². The molecule has 3 nitrogen and oxygen atoms in total. The van der Waals surface area contributed by atoms with E-state index in [9.17, 15) is 4.79 Å². The average Bonchev–Trinajstić information content (AvgIpc) is 2.28. The highest BCUT2D eigenvalue weighted by Gasteiger charge is 2.05. The van der Waals surface area contributed by atoms with E-state index in [1.54, 1.807) is 13.2 Å². The van der Waals surface area contributed by atoms with Crippen molar-refractivity contribution in [1.82, 2.24) is 0 Å². The van der Waals surface area contributed by atoms with Crippen molar-refractivity contribution in [3.05, 3.63) is 36.4 Å². The van der Waals surface area contributed by atoms with Crippen molar-refractivity contribution in [2.24, 2.45) is 0 Å². The molecule has 16 heavy (non-hydrogen) atoms. The second-order valence-electron chi connectivity index (χ2n) is 3.44. The van der Waals surface area contributed by atoms with Crippen LogP contribution in [0, 0.1) is 0 Å². The summed E-state index contributed by atoms with van der Waals surface area (Å²) < 4.78 is 10.3. The summed E-state index contributed by atoms with van der Waals surface area (Å²) in [5.41, 5.74) is 0. The average molecular weight is 216 g/mol. The Balaban J connectivity index is 2.59. The van der Waals surface area contributed by atoms with Crippen molar-refractivity contribution in [3.8, 4) is 11.5 Å². The number of carbonyl (C=O) groups excluding carboxylic acids is 1. The Bertz CT molecular complexity index is 532. The number of rotatable bonds is 2. The Kier molecular flexibility index (Phi) is 2.77. The summed E-state index contributed by atoms with van der Waals surface area (Å²) in [6.45, 7) is 1.39. The van der Waals surface area contributed by atoms with Gasteiger partial charge in [-0.2, -0.15) is 0 Å². The molecule has 0 aromatic heterocycles. The fourth-order valence-electron chi connectivity index (χ4n) is 1.59. The number of carbonyl (C=O) groups is 1. The summed E-state index contributed by atoms with van der Waals surface area (Å²) in [6.07, 6.45) is 0. The van der Waals surface area contributed by atoms with Crippen molar-refractivity contribution in [1.29, 1.82) is 0 Å². The molecule has 0 saturated carbocycles. The predicted octanol–water partition coefficient (Wildman–Crippen LogP) is 2.77. The molecule has 0 aliphatic heterocycles. The molecule has 0 heterocycles. The maximum Gasteiger partial charge on any atom is 0.308 e. The normalized spacial score (nSPS) is 10.1. The molecule has 0 unspecified atom stereocenters. The minimum absolute atomic E-state index is 0.324. The van der Waals surface area contributed by atoms with Gasteiger partial charge in [-0.3, -0.25) is 4.79 Å². The zero-order chi connectivity index (χ0) is 11.5. The van der Waals surface area contributed by atoms with Crippen molar-refractivity contribution >= 4 is 16.7 Å². The number of benzene rings is 2. The summed E-state index contributed by atoms with van der Waals surface area (Å²) in [6, 6.07) is 11.2. The highest BCUT2D eigenvalue weighted by atomic mass is 16.5. The Morgan fingerprint density at radius 2 is 2.00 bits per heavy atom. The number of fused-ring (bicyclic) bond motifs is 1. The Hall–Kier alpha value is -2.03. The summed E-state index contributed by atoms with van der Waals surface area (Å²) in [7, 11) is 1.61. The van der Waals surface area contributed by atoms with E-state index in [0.29, 0.717) is 5.75 Å². The smallest absolute Gasteiger partial charge is 0.308 e. The van der Waals surface area contributed by atoms with Crippen molar-refractivity contribution in [2.75, 3.05) is 7.11 Å². The van der Waals surface area contributed by atoms with E-state index in [-0.39, 0.29) is 5.97 Å². The van der Waals surface area contributed by atoms with Gasteiger partial charge in [-0.15, -0.1) is 0 Å². The quantitative estimate of drug-likeness (QED) is 0.572. The fraction of sp³-hybridized carbons (Fsp3) is 0.154. The molecule has 2 rings (SSSR count). The lowest BCUT2D eigenvalue weighted by Crippen LogP contribution is -2.01. The molecule has 0 N–H and O–H groups in total. The first-order chi connectivity index (χ1) is 7.70. The van der Waals surface area contributed by atoms with Gasteiger partial charge in [0.1, 0.15) is 11.5 Å². The van der Waals surface area contributed by atoms with Crippen LogP contribution < -0.4 is 9.47 Å². The second-order valence-corrected chi connectivity index (χ2v) is 3.44. The molecule has 0 spiro atoms. The number of hydrogen-bond acceptors (Lipinski definition) is 3. The molecule has 0 radical (unpaired) electrons. The van der Waals surface area contributed by atoms with Crippen LogP contribution in [0.3, 0.4) is 0 Å². The van der Waals surface area contributed by atoms with Crippen LogP contribution in [0.25, 0.3) is 10.8 Å². The fourth-order valence-corrected chi connectivity index (χ4v) is 1.59. The van der Waals surface area contributed by atoms with Crippen LogP contribution in [-0.2, 0) is 4.79 Å². The molecule has 0 aliphatic carbocycles. The monoisotopic (exact) mass is 216 g/mol. The van der Waals surface area contributed by atoms with Crippen LogP contribution in [-0.4, -0.2) is 13.1 Å². The van der Waals surface area contributed by atoms with Crippen molar-refractivity contribution < 1.29 is 14.3 Å². The highest BCUT2D eigenvalue weighted by molar-refractivity contribution is 5.91. The van der Waals surface area contributed by atoms with Crippen molar-refractivity contribution in [2.45, 2.75) is 6.92 Å². The van der Waals surface area contributed by atoms with Gasteiger partial charge in [0.25, 0.3) is 0 Å². The van der Waals surface area contributed by atoms with E-state index in [0.717, 1.165) is 16.5 Å². The van der Waals surface area contributed by atoms with E-state index in [2.05, 4.69) is 0 Å². The Morgan fingerprint density at radius 3 is 2.69 bits per heavy atom. The van der Waals surface area contributed by atoms with Gasteiger partial charge in [0.15, 0.2) is 0 Å². The van der Waals surface area contributed by atoms with Crippen LogP contribution in [0.15, 0.2) is 36.4 Å². The van der Waals surface area contributed by atoms with E-state index in [1.165, 1.54) is 6.92 Å². The molecule has 0 bridgehead atoms. The van der Waals surface area contributed by atoms with Gasteiger partial charge in [-0.25, -0.2) is 0 Å². The topological polar surface area (TPSA) is 35.5 Å². The van der Waals surface area contributed by atoms with E-state index < -0.39 is 0 Å². The second kappa shape index (κ2) is 4.23. The van der Waals surface area contributed by atoms with E-state index in [4.69, 9.17) is 9.47 Å². The number of methoxy groups -OCH3 is 1. The number of esters is 1. The molecular weight excluding hydrogens is 204 g/mol. The number of ether oxygens (including phenoxy) is 2. The zero-order valence-corrected chi connectivity index (χ0v) is 9.19. The third-order valence-electron chi connectivity index (χ3n) is 2.30. The van der Waals surface area contributed by atoms with Crippen LogP contribution in [0.1, 0.15) is 6.92 Å². The van der Waals surface area contributed by atoms with E-state index in [1.807, 2.05) is 30.3 Å². The van der Waals surface area contributed by atoms with Gasteiger partial charge < -0.3 is 9.47 Å². The van der Waals surface area contributed by atoms with Crippen LogP contribution >= 0.6 is 0 Å². The highest BCUT2D eigenvalue weighted by Crippen LogP contribution is 2.29. The maximum absolute atomic E-state index is 11.0. The number of hydrogen-bond donors (Lipinski definition) is 0. The van der Waals surface area contributed by atoms with Crippen LogP contribution in [0.5, 0.6) is 11.5 Å². The molecule has 0 amide bonds. The third-order valence-corrected chi connectivity index (χ3v) is 2.30. The summed E-state index contributed by atoms with van der Waals surface area (Å²) in [5.74, 6) is 0.978. The standard InChI is InChI=1S/C13H12O3/c1-9(14)16-13-5-3-4-10-6-7-11(15-2)8-12(10)13/h3-8H,1-2H3. The predicted molar refractivity (Wildman–Crippen MR) is 61.8 cm³/mol. The molecule has 3 heteroatoms. The zero-order valence-electron chi connectivity index (χ0n) is 9.19. The molecule has 0 atom stereocenters. The van der Waals surface area contributed by atoms with Gasteiger partial charge in [0.05, 0.1) is 7.11 Å². The summed E-state index contributed by atoms with van der Waals surface area (Å²) in [4.78, 5) is 11.0. The van der Waals surface area contributed by atoms with Crippen LogP contribution in [0.4, 0.5) is 0 Å². The lowest BCUT2D eigenvalue weighted by atomic mass is 10.1. The third kappa shape index (κ3) is 1.98. The molecule has 0 aliphatic rings. The Labute approximate surface area is 93.6 Å². The molecular formula is C13H12O3. The first kappa shape index (κ1) is 10.5.